The van der Waals surface area contributed by atoms with Gasteiger partial charge in [-0.1, -0.05) is 6.07 Å². The Morgan fingerprint density at radius 2 is 1.87 bits per heavy atom. The zero-order valence-electron chi connectivity index (χ0n) is 18.0. The maximum Gasteiger partial charge on any atom is 0.407 e. The third-order valence-electron chi connectivity index (χ3n) is 4.31. The predicted molar refractivity (Wildman–Crippen MR) is 113 cm³/mol. The van der Waals surface area contributed by atoms with E-state index in [2.05, 4.69) is 10.6 Å². The normalized spacial score (nSPS) is 15.5. The Bertz CT molecular complexity index is 858. The fourth-order valence-electron chi connectivity index (χ4n) is 2.86. The van der Waals surface area contributed by atoms with Crippen molar-refractivity contribution in [1.29, 1.82) is 0 Å². The van der Waals surface area contributed by atoms with Gasteiger partial charge in [-0.2, -0.15) is 4.31 Å². The number of nitrogens with zero attached hydrogens (tertiary/aromatic N) is 1. The number of anilines is 1. The lowest BCUT2D eigenvalue weighted by Crippen LogP contribution is -2.40. The molecular weight excluding hydrogens is 410 g/mol. The lowest BCUT2D eigenvalue weighted by molar-refractivity contribution is -0.116. The van der Waals surface area contributed by atoms with Crippen LogP contribution in [0.2, 0.25) is 0 Å². The van der Waals surface area contributed by atoms with Crippen molar-refractivity contribution in [2.24, 2.45) is 0 Å². The van der Waals surface area contributed by atoms with Gasteiger partial charge in [0, 0.05) is 31.7 Å². The molecule has 1 fully saturated rings. The number of morpholine rings is 1. The van der Waals surface area contributed by atoms with Crippen molar-refractivity contribution >= 4 is 27.7 Å². The van der Waals surface area contributed by atoms with Gasteiger partial charge in [0.1, 0.15) is 5.60 Å². The molecule has 0 aromatic heterocycles. The highest BCUT2D eigenvalue weighted by Crippen LogP contribution is 2.24. The van der Waals surface area contributed by atoms with E-state index in [1.54, 1.807) is 39.8 Å². The topological polar surface area (TPSA) is 114 Å². The van der Waals surface area contributed by atoms with Gasteiger partial charge >= 0.3 is 6.09 Å². The van der Waals surface area contributed by atoms with Crippen molar-refractivity contribution in [2.45, 2.75) is 51.0 Å². The fraction of sp³-hybridized carbons (Fsp3) is 0.600. The monoisotopic (exact) mass is 441 g/mol. The Kier molecular flexibility index (Phi) is 8.22. The number of hydrogen-bond donors (Lipinski definition) is 2. The van der Waals surface area contributed by atoms with Crippen LogP contribution in [0, 0.1) is 6.92 Å². The molecule has 0 saturated carbocycles. The van der Waals surface area contributed by atoms with Crippen molar-refractivity contribution in [3.05, 3.63) is 23.8 Å². The van der Waals surface area contributed by atoms with Gasteiger partial charge in [-0.3, -0.25) is 4.79 Å². The van der Waals surface area contributed by atoms with Crippen LogP contribution in [0.15, 0.2) is 23.1 Å². The number of benzene rings is 1. The average Bonchev–Trinajstić information content (AvgIpc) is 2.66. The first-order valence-electron chi connectivity index (χ1n) is 9.94. The van der Waals surface area contributed by atoms with E-state index in [0.717, 1.165) is 0 Å². The molecule has 1 saturated heterocycles. The number of alkyl carbamates (subject to hydrolysis) is 1. The second-order valence-electron chi connectivity index (χ2n) is 8.08. The summed E-state index contributed by atoms with van der Waals surface area (Å²) in [6.07, 6.45) is 0.0739. The van der Waals surface area contributed by atoms with E-state index >= 15 is 0 Å². The number of amides is 2. The van der Waals surface area contributed by atoms with E-state index in [1.807, 2.05) is 0 Å². The zero-order chi connectivity index (χ0) is 22.4. The summed E-state index contributed by atoms with van der Waals surface area (Å²) < 4.78 is 37.6. The number of rotatable bonds is 7. The number of ether oxygens (including phenoxy) is 2. The van der Waals surface area contributed by atoms with Crippen LogP contribution in [0.1, 0.15) is 39.2 Å². The minimum Gasteiger partial charge on any atom is -0.444 e. The second-order valence-corrected chi connectivity index (χ2v) is 9.98. The lowest BCUT2D eigenvalue weighted by Gasteiger charge is -2.26. The van der Waals surface area contributed by atoms with Gasteiger partial charge in [0.25, 0.3) is 0 Å². The van der Waals surface area contributed by atoms with Crippen molar-refractivity contribution in [3.63, 3.8) is 0 Å². The Labute approximate surface area is 178 Å². The molecule has 0 bridgehead atoms. The molecule has 1 heterocycles. The van der Waals surface area contributed by atoms with Crippen LogP contribution in [0.4, 0.5) is 10.5 Å². The number of sulfonamides is 1. The van der Waals surface area contributed by atoms with Crippen LogP contribution in [0.5, 0.6) is 0 Å². The van der Waals surface area contributed by atoms with Crippen LogP contribution >= 0.6 is 0 Å². The van der Waals surface area contributed by atoms with E-state index in [1.165, 1.54) is 10.4 Å². The summed E-state index contributed by atoms with van der Waals surface area (Å²) >= 11 is 0. The summed E-state index contributed by atoms with van der Waals surface area (Å²) in [7, 11) is -3.66. The maximum absolute atomic E-state index is 12.9. The van der Waals surface area contributed by atoms with E-state index in [0.29, 0.717) is 50.5 Å². The molecule has 1 aliphatic rings. The smallest absolute Gasteiger partial charge is 0.407 e. The molecule has 9 nitrogen and oxygen atoms in total. The fourth-order valence-corrected chi connectivity index (χ4v) is 4.52. The average molecular weight is 442 g/mol. The molecule has 1 aromatic rings. The molecule has 168 valence electrons. The quantitative estimate of drug-likeness (QED) is 0.628. The van der Waals surface area contributed by atoms with E-state index in [-0.39, 0.29) is 17.2 Å². The molecule has 0 spiro atoms. The van der Waals surface area contributed by atoms with Gasteiger partial charge in [-0.15, -0.1) is 0 Å². The molecule has 2 rings (SSSR count). The summed E-state index contributed by atoms with van der Waals surface area (Å²) in [6, 6.07) is 4.83. The highest BCUT2D eigenvalue weighted by molar-refractivity contribution is 7.89. The van der Waals surface area contributed by atoms with Crippen molar-refractivity contribution in [2.75, 3.05) is 38.2 Å². The Hall–Kier alpha value is -2.17. The van der Waals surface area contributed by atoms with Gasteiger partial charge in [0.2, 0.25) is 15.9 Å². The van der Waals surface area contributed by atoms with Crippen LogP contribution in [-0.2, 0) is 24.3 Å². The Morgan fingerprint density at radius 3 is 2.50 bits per heavy atom. The Morgan fingerprint density at radius 1 is 1.20 bits per heavy atom. The lowest BCUT2D eigenvalue weighted by atomic mass is 10.2. The summed E-state index contributed by atoms with van der Waals surface area (Å²) in [5, 5.41) is 5.32. The highest BCUT2D eigenvalue weighted by Gasteiger charge is 2.28. The van der Waals surface area contributed by atoms with Gasteiger partial charge in [0.05, 0.1) is 18.1 Å². The predicted octanol–water partition coefficient (Wildman–Crippen LogP) is 2.26. The molecule has 1 aliphatic heterocycles. The molecular formula is C20H31N3O6S. The van der Waals surface area contributed by atoms with Gasteiger partial charge in [-0.05, 0) is 51.8 Å². The number of aryl methyl sites for hydroxylation is 1. The molecule has 30 heavy (non-hydrogen) atoms. The van der Waals surface area contributed by atoms with Crippen molar-refractivity contribution in [1.82, 2.24) is 9.62 Å². The molecule has 10 heteroatoms. The first-order chi connectivity index (χ1) is 14.0. The molecule has 2 N–H and O–H groups in total. The van der Waals surface area contributed by atoms with Crippen LogP contribution in [0.3, 0.4) is 0 Å². The third-order valence-corrected chi connectivity index (χ3v) is 6.35. The highest BCUT2D eigenvalue weighted by atomic mass is 32.2. The number of nitrogens with one attached hydrogen (secondary N) is 2. The minimum atomic E-state index is -3.66. The molecule has 0 unspecified atom stereocenters. The summed E-state index contributed by atoms with van der Waals surface area (Å²) in [5.41, 5.74) is 0.449. The zero-order valence-corrected chi connectivity index (χ0v) is 18.8. The summed E-state index contributed by atoms with van der Waals surface area (Å²) in [6.45, 7) is 8.69. The number of hydrogen-bond acceptors (Lipinski definition) is 6. The van der Waals surface area contributed by atoms with E-state index in [4.69, 9.17) is 9.47 Å². The number of carbonyl (C=O) groups excluding carboxylic acids is 2. The molecule has 1 aromatic carbocycles. The van der Waals surface area contributed by atoms with Crippen LogP contribution in [-0.4, -0.2) is 63.2 Å². The summed E-state index contributed by atoms with van der Waals surface area (Å²) in [5.74, 6) is -0.264. The first kappa shape index (κ1) is 24.1. The SMILES string of the molecule is Cc1ccc(NC(=O)CCCNC(=O)OC(C)(C)C)cc1S(=O)(=O)N1CCOCC1. The molecule has 0 radical (unpaired) electrons. The number of carbonyl (C=O) groups is 2. The maximum atomic E-state index is 12.9. The molecule has 0 aliphatic carbocycles. The van der Waals surface area contributed by atoms with Gasteiger partial charge < -0.3 is 20.1 Å². The Balaban J connectivity index is 1.90. The van der Waals surface area contributed by atoms with E-state index < -0.39 is 21.7 Å². The van der Waals surface area contributed by atoms with Crippen LogP contribution < -0.4 is 10.6 Å². The largest absolute Gasteiger partial charge is 0.444 e. The molecule has 2 amide bonds. The van der Waals surface area contributed by atoms with Gasteiger partial charge in [-0.25, -0.2) is 13.2 Å². The first-order valence-corrected chi connectivity index (χ1v) is 11.4. The van der Waals surface area contributed by atoms with Crippen molar-refractivity contribution in [3.8, 4) is 0 Å². The third kappa shape index (κ3) is 7.26. The summed E-state index contributed by atoms with van der Waals surface area (Å²) in [4.78, 5) is 24.0. The van der Waals surface area contributed by atoms with Crippen molar-refractivity contribution < 1.29 is 27.5 Å². The van der Waals surface area contributed by atoms with E-state index in [9.17, 15) is 18.0 Å². The minimum absolute atomic E-state index is 0.175. The molecule has 0 atom stereocenters. The van der Waals surface area contributed by atoms with Crippen LogP contribution in [0.25, 0.3) is 0 Å². The van der Waals surface area contributed by atoms with Gasteiger partial charge in [0.15, 0.2) is 0 Å². The second kappa shape index (κ2) is 10.2. The standard InChI is InChI=1S/C20H31N3O6S/c1-15-7-8-16(14-17(15)30(26,27)23-10-12-28-13-11-23)22-18(24)6-5-9-21-19(25)29-20(2,3)4/h7-8,14H,5-6,9-13H2,1-4H3,(H,21,25)(H,22,24).